The molecule has 0 amide bonds. The van der Waals surface area contributed by atoms with Gasteiger partial charge in [-0.05, 0) is 38.3 Å². The molecule has 1 aliphatic carbocycles. The van der Waals surface area contributed by atoms with Crippen LogP contribution < -0.4 is 5.32 Å². The molecule has 2 heteroatoms. The predicted molar refractivity (Wildman–Crippen MR) is 60.4 cm³/mol. The Bertz CT molecular complexity index is 121. The van der Waals surface area contributed by atoms with Gasteiger partial charge >= 0.3 is 0 Å². The summed E-state index contributed by atoms with van der Waals surface area (Å²) in [5, 5.41) is 12.1. The molecule has 1 fully saturated rings. The molecule has 1 saturated carbocycles. The Morgan fingerprint density at radius 2 is 1.79 bits per heavy atom. The second-order valence-corrected chi connectivity index (χ2v) is 4.47. The first kappa shape index (κ1) is 12.0. The van der Waals surface area contributed by atoms with Crippen molar-refractivity contribution in [2.45, 2.75) is 51.4 Å². The molecule has 0 spiro atoms. The SMILES string of the molecule is OCCCCNCCC1CCCCC1. The van der Waals surface area contributed by atoms with Crippen LogP contribution in [0.15, 0.2) is 0 Å². The average Bonchev–Trinajstić information content (AvgIpc) is 2.25. The summed E-state index contributed by atoms with van der Waals surface area (Å²) in [7, 11) is 0. The summed E-state index contributed by atoms with van der Waals surface area (Å²) in [6, 6.07) is 0. The molecule has 0 radical (unpaired) electrons. The van der Waals surface area contributed by atoms with Crippen LogP contribution in [-0.4, -0.2) is 24.8 Å². The quantitative estimate of drug-likeness (QED) is 0.617. The molecule has 0 bridgehead atoms. The number of aliphatic hydroxyl groups excluding tert-OH is 1. The van der Waals surface area contributed by atoms with E-state index in [0.717, 1.165) is 25.3 Å². The van der Waals surface area contributed by atoms with E-state index in [9.17, 15) is 0 Å². The van der Waals surface area contributed by atoms with E-state index < -0.39 is 0 Å². The predicted octanol–water partition coefficient (Wildman–Crippen LogP) is 2.32. The van der Waals surface area contributed by atoms with Gasteiger partial charge in [0.15, 0.2) is 0 Å². The zero-order chi connectivity index (χ0) is 10.1. The molecule has 0 aromatic carbocycles. The van der Waals surface area contributed by atoms with Crippen molar-refractivity contribution in [1.29, 1.82) is 0 Å². The Balaban J connectivity index is 1.82. The first-order valence-electron chi connectivity index (χ1n) is 6.25. The highest BCUT2D eigenvalue weighted by Crippen LogP contribution is 2.25. The van der Waals surface area contributed by atoms with Crippen molar-refractivity contribution in [2.24, 2.45) is 5.92 Å². The Labute approximate surface area is 88.1 Å². The maximum Gasteiger partial charge on any atom is 0.0431 e. The minimum atomic E-state index is 0.338. The highest BCUT2D eigenvalue weighted by molar-refractivity contribution is 4.66. The molecule has 84 valence electrons. The van der Waals surface area contributed by atoms with Gasteiger partial charge in [-0.1, -0.05) is 32.1 Å². The molecule has 0 atom stereocenters. The molecule has 2 N–H and O–H groups in total. The fraction of sp³-hybridized carbons (Fsp3) is 1.00. The number of unbranched alkanes of at least 4 members (excludes halogenated alkanes) is 1. The van der Waals surface area contributed by atoms with Crippen LogP contribution in [0.3, 0.4) is 0 Å². The fourth-order valence-corrected chi connectivity index (χ4v) is 2.27. The van der Waals surface area contributed by atoms with Crippen LogP contribution in [0.4, 0.5) is 0 Å². The van der Waals surface area contributed by atoms with Gasteiger partial charge in [0.25, 0.3) is 0 Å². The van der Waals surface area contributed by atoms with E-state index in [1.54, 1.807) is 0 Å². The number of aliphatic hydroxyl groups is 1. The third-order valence-electron chi connectivity index (χ3n) is 3.22. The number of nitrogens with one attached hydrogen (secondary N) is 1. The zero-order valence-electron chi connectivity index (χ0n) is 9.30. The van der Waals surface area contributed by atoms with Crippen LogP contribution in [0.1, 0.15) is 51.4 Å². The van der Waals surface area contributed by atoms with Crippen LogP contribution in [0.25, 0.3) is 0 Å². The number of rotatable bonds is 7. The summed E-state index contributed by atoms with van der Waals surface area (Å²) >= 11 is 0. The van der Waals surface area contributed by atoms with E-state index in [2.05, 4.69) is 5.32 Å². The number of hydrogen-bond acceptors (Lipinski definition) is 2. The molecule has 0 heterocycles. The molecule has 14 heavy (non-hydrogen) atoms. The molecule has 0 aliphatic heterocycles. The highest BCUT2D eigenvalue weighted by Gasteiger charge is 2.12. The van der Waals surface area contributed by atoms with Crippen molar-refractivity contribution < 1.29 is 5.11 Å². The molecule has 2 nitrogen and oxygen atoms in total. The standard InChI is InChI=1S/C12H25NO/c14-11-5-4-9-13-10-8-12-6-2-1-3-7-12/h12-14H,1-11H2. The van der Waals surface area contributed by atoms with Gasteiger partial charge in [0.2, 0.25) is 0 Å². The Kier molecular flexibility index (Phi) is 7.06. The van der Waals surface area contributed by atoms with E-state index in [1.807, 2.05) is 0 Å². The maximum absolute atomic E-state index is 8.60. The molecule has 0 aromatic heterocycles. The topological polar surface area (TPSA) is 32.3 Å². The molecule has 0 saturated heterocycles. The van der Waals surface area contributed by atoms with Crippen molar-refractivity contribution >= 4 is 0 Å². The normalized spacial score (nSPS) is 18.6. The van der Waals surface area contributed by atoms with Crippen LogP contribution in [0, 0.1) is 5.92 Å². The second kappa shape index (κ2) is 8.25. The largest absolute Gasteiger partial charge is 0.396 e. The summed E-state index contributed by atoms with van der Waals surface area (Å²) in [5.74, 6) is 0.995. The van der Waals surface area contributed by atoms with Crippen molar-refractivity contribution in [3.05, 3.63) is 0 Å². The van der Waals surface area contributed by atoms with Gasteiger partial charge in [-0.3, -0.25) is 0 Å². The van der Waals surface area contributed by atoms with E-state index >= 15 is 0 Å². The van der Waals surface area contributed by atoms with Gasteiger partial charge in [-0.2, -0.15) is 0 Å². The van der Waals surface area contributed by atoms with Gasteiger partial charge in [0.05, 0.1) is 0 Å². The van der Waals surface area contributed by atoms with Crippen LogP contribution in [0.5, 0.6) is 0 Å². The molecule has 0 aromatic rings. The Hall–Kier alpha value is -0.0800. The van der Waals surface area contributed by atoms with E-state index in [4.69, 9.17) is 5.11 Å². The summed E-state index contributed by atoms with van der Waals surface area (Å²) < 4.78 is 0. The van der Waals surface area contributed by atoms with Gasteiger partial charge in [-0.15, -0.1) is 0 Å². The average molecular weight is 199 g/mol. The van der Waals surface area contributed by atoms with Gasteiger partial charge in [-0.25, -0.2) is 0 Å². The maximum atomic E-state index is 8.60. The number of hydrogen-bond donors (Lipinski definition) is 2. The zero-order valence-corrected chi connectivity index (χ0v) is 9.30. The monoisotopic (exact) mass is 199 g/mol. The molecular formula is C12H25NO. The van der Waals surface area contributed by atoms with Gasteiger partial charge in [0.1, 0.15) is 0 Å². The van der Waals surface area contributed by atoms with Crippen molar-refractivity contribution in [3.63, 3.8) is 0 Å². The highest BCUT2D eigenvalue weighted by atomic mass is 16.2. The molecule has 1 aliphatic rings. The summed E-state index contributed by atoms with van der Waals surface area (Å²) in [6.07, 6.45) is 10.7. The Morgan fingerprint density at radius 1 is 1.00 bits per heavy atom. The lowest BCUT2D eigenvalue weighted by Gasteiger charge is -2.21. The van der Waals surface area contributed by atoms with Gasteiger partial charge < -0.3 is 10.4 Å². The lowest BCUT2D eigenvalue weighted by atomic mass is 9.87. The third kappa shape index (κ3) is 5.61. The minimum absolute atomic E-state index is 0.338. The third-order valence-corrected chi connectivity index (χ3v) is 3.22. The van der Waals surface area contributed by atoms with Crippen molar-refractivity contribution in [3.8, 4) is 0 Å². The first-order chi connectivity index (χ1) is 6.93. The van der Waals surface area contributed by atoms with E-state index in [0.29, 0.717) is 6.61 Å². The lowest BCUT2D eigenvalue weighted by Crippen LogP contribution is -2.20. The van der Waals surface area contributed by atoms with Crippen molar-refractivity contribution in [1.82, 2.24) is 5.32 Å². The molecular weight excluding hydrogens is 174 g/mol. The van der Waals surface area contributed by atoms with Gasteiger partial charge in [0, 0.05) is 6.61 Å². The van der Waals surface area contributed by atoms with E-state index in [1.165, 1.54) is 45.1 Å². The Morgan fingerprint density at radius 3 is 2.50 bits per heavy atom. The summed E-state index contributed by atoms with van der Waals surface area (Å²) in [5.41, 5.74) is 0. The molecule has 1 rings (SSSR count). The van der Waals surface area contributed by atoms with Crippen molar-refractivity contribution in [2.75, 3.05) is 19.7 Å². The molecule has 0 unspecified atom stereocenters. The van der Waals surface area contributed by atoms with Crippen LogP contribution in [0.2, 0.25) is 0 Å². The second-order valence-electron chi connectivity index (χ2n) is 4.47. The summed E-state index contributed by atoms with van der Waals surface area (Å²) in [6.45, 7) is 2.59. The van der Waals surface area contributed by atoms with Crippen LogP contribution in [-0.2, 0) is 0 Å². The van der Waals surface area contributed by atoms with Crippen LogP contribution >= 0.6 is 0 Å². The first-order valence-corrected chi connectivity index (χ1v) is 6.25. The minimum Gasteiger partial charge on any atom is -0.396 e. The summed E-state index contributed by atoms with van der Waals surface area (Å²) in [4.78, 5) is 0. The van der Waals surface area contributed by atoms with E-state index in [-0.39, 0.29) is 0 Å². The lowest BCUT2D eigenvalue weighted by molar-refractivity contribution is 0.282. The fourth-order valence-electron chi connectivity index (χ4n) is 2.27. The smallest absolute Gasteiger partial charge is 0.0431 e.